The van der Waals surface area contributed by atoms with Gasteiger partial charge in [0.25, 0.3) is 5.91 Å². The van der Waals surface area contributed by atoms with Crippen molar-refractivity contribution in [2.45, 2.75) is 20.8 Å². The minimum atomic E-state index is -0.0615. The van der Waals surface area contributed by atoms with Crippen molar-refractivity contribution in [3.63, 3.8) is 0 Å². The summed E-state index contributed by atoms with van der Waals surface area (Å²) in [5.74, 6) is 0.206. The van der Waals surface area contributed by atoms with Gasteiger partial charge in [-0.1, -0.05) is 18.5 Å². The van der Waals surface area contributed by atoms with Crippen LogP contribution in [-0.2, 0) is 0 Å². The van der Waals surface area contributed by atoms with Gasteiger partial charge in [-0.3, -0.25) is 4.79 Å². The predicted molar refractivity (Wildman–Crippen MR) is 90.8 cm³/mol. The lowest BCUT2D eigenvalue weighted by Gasteiger charge is -2.11. The summed E-state index contributed by atoms with van der Waals surface area (Å²) in [7, 11) is 0. The molecule has 0 spiro atoms. The fraction of sp³-hybridized carbons (Fsp3) is 0.353. The van der Waals surface area contributed by atoms with Crippen molar-refractivity contribution in [1.29, 1.82) is 0 Å². The third-order valence-electron chi connectivity index (χ3n) is 3.77. The number of rotatable bonds is 5. The van der Waals surface area contributed by atoms with E-state index in [4.69, 9.17) is 17.3 Å². The monoisotopic (exact) mass is 319 g/mol. The SMILES string of the molecule is Cc1cc(C(=O)NCC(C)CN)c(C)n1-c1ccc(Cl)cc1. The van der Waals surface area contributed by atoms with Crippen LogP contribution in [0.25, 0.3) is 5.69 Å². The maximum absolute atomic E-state index is 12.4. The molecule has 0 saturated carbocycles. The summed E-state index contributed by atoms with van der Waals surface area (Å²) in [4.78, 5) is 12.4. The van der Waals surface area contributed by atoms with Gasteiger partial charge in [0.15, 0.2) is 0 Å². The second-order valence-electron chi connectivity index (χ2n) is 5.65. The third kappa shape index (κ3) is 3.51. The number of benzene rings is 1. The number of nitrogens with one attached hydrogen (secondary N) is 1. The van der Waals surface area contributed by atoms with Gasteiger partial charge in [-0.2, -0.15) is 0 Å². The standard InChI is InChI=1S/C17H22ClN3O/c1-11(9-19)10-20-17(22)16-8-12(2)21(13(16)3)15-6-4-14(18)5-7-15/h4-8,11H,9-10,19H2,1-3H3,(H,20,22). The first-order chi connectivity index (χ1) is 10.4. The minimum absolute atomic E-state index is 0.0615. The molecule has 0 fully saturated rings. The summed E-state index contributed by atoms with van der Waals surface area (Å²) in [6.07, 6.45) is 0. The Hall–Kier alpha value is -1.78. The number of hydrogen-bond donors (Lipinski definition) is 2. The van der Waals surface area contributed by atoms with E-state index in [1.165, 1.54) is 0 Å². The molecule has 0 aliphatic heterocycles. The Morgan fingerprint density at radius 2 is 1.95 bits per heavy atom. The summed E-state index contributed by atoms with van der Waals surface area (Å²) in [5, 5.41) is 3.63. The zero-order valence-corrected chi connectivity index (χ0v) is 13.9. The van der Waals surface area contributed by atoms with E-state index in [1.54, 1.807) is 0 Å². The van der Waals surface area contributed by atoms with Crippen LogP contribution in [0.5, 0.6) is 0 Å². The number of aryl methyl sites for hydroxylation is 1. The van der Waals surface area contributed by atoms with Crippen molar-refractivity contribution in [2.75, 3.05) is 13.1 Å². The highest BCUT2D eigenvalue weighted by Gasteiger charge is 2.16. The number of nitrogens with two attached hydrogens (primary N) is 1. The third-order valence-corrected chi connectivity index (χ3v) is 4.03. The molecule has 0 aliphatic carbocycles. The van der Waals surface area contributed by atoms with Gasteiger partial charge in [-0.05, 0) is 56.6 Å². The number of carbonyl (C=O) groups excluding carboxylic acids is 1. The Morgan fingerprint density at radius 3 is 2.55 bits per heavy atom. The minimum Gasteiger partial charge on any atom is -0.352 e. The van der Waals surface area contributed by atoms with Crippen LogP contribution in [0.4, 0.5) is 0 Å². The molecule has 22 heavy (non-hydrogen) atoms. The summed E-state index contributed by atoms with van der Waals surface area (Å²) >= 11 is 5.94. The largest absolute Gasteiger partial charge is 0.352 e. The van der Waals surface area contributed by atoms with Gasteiger partial charge in [-0.15, -0.1) is 0 Å². The highest BCUT2D eigenvalue weighted by Crippen LogP contribution is 2.22. The summed E-state index contributed by atoms with van der Waals surface area (Å²) in [6.45, 7) is 7.09. The first-order valence-corrected chi connectivity index (χ1v) is 7.75. The van der Waals surface area contributed by atoms with E-state index in [0.717, 1.165) is 17.1 Å². The molecule has 3 N–H and O–H groups in total. The Balaban J connectivity index is 2.27. The normalized spacial score (nSPS) is 12.2. The van der Waals surface area contributed by atoms with E-state index in [9.17, 15) is 4.79 Å². The molecule has 118 valence electrons. The number of nitrogens with zero attached hydrogens (tertiary/aromatic N) is 1. The molecule has 0 bridgehead atoms. The molecule has 1 aromatic carbocycles. The Kier molecular flexibility index (Phi) is 5.27. The quantitative estimate of drug-likeness (QED) is 0.889. The molecule has 1 heterocycles. The fourth-order valence-electron chi connectivity index (χ4n) is 2.43. The molecule has 0 aliphatic rings. The number of carbonyl (C=O) groups is 1. The molecule has 1 unspecified atom stereocenters. The first kappa shape index (κ1) is 16.6. The van der Waals surface area contributed by atoms with Gasteiger partial charge < -0.3 is 15.6 Å². The number of halogens is 1. The van der Waals surface area contributed by atoms with Gasteiger partial charge in [0.05, 0.1) is 5.56 Å². The second kappa shape index (κ2) is 6.99. The van der Waals surface area contributed by atoms with Gasteiger partial charge in [0.1, 0.15) is 0 Å². The van der Waals surface area contributed by atoms with E-state index < -0.39 is 0 Å². The van der Waals surface area contributed by atoms with E-state index in [-0.39, 0.29) is 11.8 Å². The van der Waals surface area contributed by atoms with Gasteiger partial charge in [-0.25, -0.2) is 0 Å². The van der Waals surface area contributed by atoms with Gasteiger partial charge in [0, 0.05) is 28.6 Å². The van der Waals surface area contributed by atoms with Crippen LogP contribution in [0.1, 0.15) is 28.7 Å². The molecule has 0 radical (unpaired) electrons. The number of hydrogen-bond acceptors (Lipinski definition) is 2. The molecule has 4 nitrogen and oxygen atoms in total. The Morgan fingerprint density at radius 1 is 1.32 bits per heavy atom. The summed E-state index contributed by atoms with van der Waals surface area (Å²) in [6, 6.07) is 9.49. The van der Waals surface area contributed by atoms with E-state index >= 15 is 0 Å². The average molecular weight is 320 g/mol. The Labute approximate surface area is 136 Å². The molecule has 0 saturated heterocycles. The van der Waals surface area contributed by atoms with Gasteiger partial charge >= 0.3 is 0 Å². The van der Waals surface area contributed by atoms with Crippen molar-refractivity contribution in [1.82, 2.24) is 9.88 Å². The van der Waals surface area contributed by atoms with Crippen LogP contribution in [0.15, 0.2) is 30.3 Å². The van der Waals surface area contributed by atoms with Crippen molar-refractivity contribution in [2.24, 2.45) is 11.7 Å². The molecule has 5 heteroatoms. The van der Waals surface area contributed by atoms with Crippen LogP contribution >= 0.6 is 11.6 Å². The van der Waals surface area contributed by atoms with E-state index in [2.05, 4.69) is 9.88 Å². The highest BCUT2D eigenvalue weighted by molar-refractivity contribution is 6.30. The van der Waals surface area contributed by atoms with E-state index in [0.29, 0.717) is 23.7 Å². The lowest BCUT2D eigenvalue weighted by molar-refractivity contribution is 0.0948. The molecule has 1 amide bonds. The van der Waals surface area contributed by atoms with Crippen molar-refractivity contribution < 1.29 is 4.79 Å². The number of amides is 1. The smallest absolute Gasteiger partial charge is 0.253 e. The van der Waals surface area contributed by atoms with Crippen molar-refractivity contribution >= 4 is 17.5 Å². The number of aromatic nitrogens is 1. The topological polar surface area (TPSA) is 60.1 Å². The molecular formula is C17H22ClN3O. The fourth-order valence-corrected chi connectivity index (χ4v) is 2.55. The molecule has 2 rings (SSSR count). The molecule has 2 aromatic rings. The highest BCUT2D eigenvalue weighted by atomic mass is 35.5. The first-order valence-electron chi connectivity index (χ1n) is 7.37. The zero-order valence-electron chi connectivity index (χ0n) is 13.2. The lowest BCUT2D eigenvalue weighted by atomic mass is 10.1. The predicted octanol–water partition coefficient (Wildman–Crippen LogP) is 3.07. The molecule has 1 aromatic heterocycles. The van der Waals surface area contributed by atoms with Crippen LogP contribution in [-0.4, -0.2) is 23.6 Å². The van der Waals surface area contributed by atoms with Gasteiger partial charge in [0.2, 0.25) is 0 Å². The Bertz CT molecular complexity index is 661. The molecular weight excluding hydrogens is 298 g/mol. The molecule has 1 atom stereocenters. The zero-order chi connectivity index (χ0) is 16.3. The van der Waals surface area contributed by atoms with Crippen LogP contribution in [0.3, 0.4) is 0 Å². The summed E-state index contributed by atoms with van der Waals surface area (Å²) < 4.78 is 2.05. The maximum atomic E-state index is 12.4. The lowest BCUT2D eigenvalue weighted by Crippen LogP contribution is -2.31. The summed E-state index contributed by atoms with van der Waals surface area (Å²) in [5.41, 5.74) is 9.19. The second-order valence-corrected chi connectivity index (χ2v) is 6.08. The van der Waals surface area contributed by atoms with Crippen LogP contribution in [0, 0.1) is 19.8 Å². The average Bonchev–Trinajstić information content (AvgIpc) is 2.80. The maximum Gasteiger partial charge on any atom is 0.253 e. The van der Waals surface area contributed by atoms with E-state index in [1.807, 2.05) is 51.1 Å². The van der Waals surface area contributed by atoms with Crippen molar-refractivity contribution in [3.8, 4) is 5.69 Å². The van der Waals surface area contributed by atoms with Crippen molar-refractivity contribution in [3.05, 3.63) is 52.3 Å². The van der Waals surface area contributed by atoms with Crippen LogP contribution < -0.4 is 11.1 Å². The van der Waals surface area contributed by atoms with Crippen LogP contribution in [0.2, 0.25) is 5.02 Å².